The molecule has 11 nitrogen and oxygen atoms in total. The zero-order chi connectivity index (χ0) is 28.7. The summed E-state index contributed by atoms with van der Waals surface area (Å²) >= 11 is 0. The molecule has 3 aliphatic rings. The first-order valence-electron chi connectivity index (χ1n) is 14.4. The highest BCUT2D eigenvalue weighted by Gasteiger charge is 2.31. The molecule has 1 amide bonds. The molecule has 0 spiro atoms. The van der Waals surface area contributed by atoms with Crippen molar-refractivity contribution in [1.82, 2.24) is 14.5 Å². The van der Waals surface area contributed by atoms with Crippen LogP contribution in [-0.4, -0.2) is 62.0 Å². The number of ether oxygens (including phenoxy) is 2. The molecule has 2 aromatic heterocycles. The van der Waals surface area contributed by atoms with Crippen molar-refractivity contribution in [3.05, 3.63) is 35.7 Å². The lowest BCUT2D eigenvalue weighted by molar-refractivity contribution is -0.117. The average molecular weight is 583 g/mol. The predicted molar refractivity (Wildman–Crippen MR) is 158 cm³/mol. The molecule has 2 N–H and O–H groups in total. The zero-order valence-electron chi connectivity index (χ0n) is 23.9. The van der Waals surface area contributed by atoms with Gasteiger partial charge in [-0.05, 0) is 75.5 Å². The first-order valence-corrected chi connectivity index (χ1v) is 16.3. The standard InChI is InChI=1S/C29H38N6O5S/c1-18-30-27-23(17-25(33-29(36)20-7-8-20)32-28(27)35(18)26-6-4-5-13-40-26)31-22-10-9-21(19-11-14-39-15-12-19)16-24(22)34(2)41(3,37)38/h9-10,16-17,19-20,26H,4-8,11-15H2,1-3H3,(H2,31,32,33,36). The third kappa shape index (κ3) is 5.91. The Balaban J connectivity index is 1.44. The summed E-state index contributed by atoms with van der Waals surface area (Å²) in [6.45, 7) is 3.99. The van der Waals surface area contributed by atoms with Crippen LogP contribution in [0, 0.1) is 12.8 Å². The number of pyridine rings is 1. The molecule has 4 heterocycles. The van der Waals surface area contributed by atoms with Gasteiger partial charge in [0.05, 0.1) is 23.3 Å². The molecule has 0 bridgehead atoms. The second kappa shape index (κ2) is 11.2. The van der Waals surface area contributed by atoms with Crippen molar-refractivity contribution in [3.8, 4) is 0 Å². The van der Waals surface area contributed by atoms with Crippen molar-refractivity contribution in [3.63, 3.8) is 0 Å². The van der Waals surface area contributed by atoms with Crippen LogP contribution in [0.15, 0.2) is 24.3 Å². The number of fused-ring (bicyclic) bond motifs is 1. The van der Waals surface area contributed by atoms with E-state index in [2.05, 4.69) is 10.6 Å². The molecule has 1 unspecified atom stereocenters. The van der Waals surface area contributed by atoms with Crippen molar-refractivity contribution in [2.75, 3.05) is 48.1 Å². The first-order chi connectivity index (χ1) is 19.7. The molecule has 6 rings (SSSR count). The molecule has 3 aromatic rings. The average Bonchev–Trinajstić information content (AvgIpc) is 3.76. The topological polar surface area (TPSA) is 128 Å². The maximum atomic E-state index is 12.7. The maximum Gasteiger partial charge on any atom is 0.232 e. The quantitative estimate of drug-likeness (QED) is 0.387. The number of nitrogens with one attached hydrogen (secondary N) is 2. The van der Waals surface area contributed by atoms with Gasteiger partial charge in [0.25, 0.3) is 0 Å². The maximum absolute atomic E-state index is 12.7. The highest BCUT2D eigenvalue weighted by atomic mass is 32.2. The number of hydrogen-bond donors (Lipinski definition) is 2. The number of rotatable bonds is 8. The first kappa shape index (κ1) is 27.9. The molecule has 1 saturated carbocycles. The Bertz CT molecular complexity index is 1560. The van der Waals surface area contributed by atoms with E-state index >= 15 is 0 Å². The number of anilines is 4. The smallest absolute Gasteiger partial charge is 0.232 e. The van der Waals surface area contributed by atoms with Gasteiger partial charge < -0.3 is 20.1 Å². The van der Waals surface area contributed by atoms with Crippen molar-refractivity contribution in [2.24, 2.45) is 5.92 Å². The van der Waals surface area contributed by atoms with Crippen LogP contribution < -0.4 is 14.9 Å². The van der Waals surface area contributed by atoms with Gasteiger partial charge >= 0.3 is 0 Å². The number of hydrogen-bond acceptors (Lipinski definition) is 8. The van der Waals surface area contributed by atoms with Gasteiger partial charge in [-0.15, -0.1) is 0 Å². The Hall–Kier alpha value is -3.22. The van der Waals surface area contributed by atoms with E-state index in [4.69, 9.17) is 19.4 Å². The van der Waals surface area contributed by atoms with Crippen LogP contribution in [0.3, 0.4) is 0 Å². The van der Waals surface area contributed by atoms with E-state index in [0.29, 0.717) is 59.8 Å². The molecular weight excluding hydrogens is 544 g/mol. The van der Waals surface area contributed by atoms with Crippen LogP contribution in [0.25, 0.3) is 11.2 Å². The summed E-state index contributed by atoms with van der Waals surface area (Å²) in [6.07, 6.45) is 7.48. The Labute approximate surface area is 240 Å². The molecular formula is C29H38N6O5S. The number of nitrogens with zero attached hydrogens (tertiary/aromatic N) is 4. The van der Waals surface area contributed by atoms with Gasteiger partial charge in [0.15, 0.2) is 5.65 Å². The number of imidazole rings is 1. The van der Waals surface area contributed by atoms with Gasteiger partial charge in [0.2, 0.25) is 15.9 Å². The lowest BCUT2D eigenvalue weighted by atomic mass is 9.91. The van der Waals surface area contributed by atoms with E-state index in [1.54, 1.807) is 13.1 Å². The highest BCUT2D eigenvalue weighted by Crippen LogP contribution is 2.39. The minimum atomic E-state index is -3.54. The van der Waals surface area contributed by atoms with Crippen molar-refractivity contribution in [1.29, 1.82) is 0 Å². The molecule has 2 saturated heterocycles. The van der Waals surface area contributed by atoms with Crippen LogP contribution in [0.4, 0.5) is 22.9 Å². The van der Waals surface area contributed by atoms with Crippen molar-refractivity contribution >= 4 is 50.0 Å². The Morgan fingerprint density at radius 3 is 2.49 bits per heavy atom. The number of amides is 1. The Kier molecular flexibility index (Phi) is 7.64. The van der Waals surface area contributed by atoms with Gasteiger partial charge in [0.1, 0.15) is 23.4 Å². The molecule has 1 aliphatic carbocycles. The summed E-state index contributed by atoms with van der Waals surface area (Å²) < 4.78 is 40.3. The summed E-state index contributed by atoms with van der Waals surface area (Å²) in [5, 5.41) is 6.45. The molecule has 0 radical (unpaired) electrons. The molecule has 3 fully saturated rings. The fraction of sp³-hybridized carbons (Fsp3) is 0.552. The largest absolute Gasteiger partial charge is 0.381 e. The Morgan fingerprint density at radius 2 is 1.80 bits per heavy atom. The summed E-state index contributed by atoms with van der Waals surface area (Å²) in [5.74, 6) is 1.46. The van der Waals surface area contributed by atoms with Crippen LogP contribution in [0.1, 0.15) is 68.5 Å². The van der Waals surface area contributed by atoms with Crippen LogP contribution in [0.2, 0.25) is 0 Å². The normalized spacial score (nSPS) is 20.2. The fourth-order valence-corrected chi connectivity index (χ4v) is 6.21. The van der Waals surface area contributed by atoms with Crippen LogP contribution in [-0.2, 0) is 24.3 Å². The highest BCUT2D eigenvalue weighted by molar-refractivity contribution is 7.92. The Morgan fingerprint density at radius 1 is 1.02 bits per heavy atom. The van der Waals surface area contributed by atoms with Gasteiger partial charge in [-0.3, -0.25) is 13.7 Å². The lowest BCUT2D eigenvalue weighted by Gasteiger charge is -2.26. The third-order valence-corrected chi connectivity index (χ3v) is 9.48. The summed E-state index contributed by atoms with van der Waals surface area (Å²) in [4.78, 5) is 22.4. The van der Waals surface area contributed by atoms with Gasteiger partial charge in [-0.2, -0.15) is 0 Å². The van der Waals surface area contributed by atoms with Gasteiger partial charge in [-0.1, -0.05) is 6.07 Å². The SMILES string of the molecule is Cc1nc2c(Nc3ccc(C4CCOCC4)cc3N(C)S(C)(=O)=O)cc(NC(=O)C3CC3)nc2n1C1CCCCO1. The van der Waals surface area contributed by atoms with E-state index in [1.807, 2.05) is 29.7 Å². The number of benzene rings is 1. The molecule has 2 aliphatic heterocycles. The van der Waals surface area contributed by atoms with E-state index in [1.165, 1.54) is 10.6 Å². The lowest BCUT2D eigenvalue weighted by Crippen LogP contribution is -2.26. The van der Waals surface area contributed by atoms with E-state index in [0.717, 1.165) is 56.3 Å². The number of carbonyl (C=O) groups is 1. The van der Waals surface area contributed by atoms with E-state index < -0.39 is 10.0 Å². The van der Waals surface area contributed by atoms with Gasteiger partial charge in [-0.25, -0.2) is 18.4 Å². The number of carbonyl (C=O) groups excluding carboxylic acids is 1. The molecule has 220 valence electrons. The monoisotopic (exact) mass is 582 g/mol. The second-order valence-corrected chi connectivity index (χ2v) is 13.4. The minimum Gasteiger partial charge on any atom is -0.381 e. The third-order valence-electron chi connectivity index (χ3n) is 8.29. The van der Waals surface area contributed by atoms with Crippen molar-refractivity contribution in [2.45, 2.75) is 64.0 Å². The number of sulfonamides is 1. The van der Waals surface area contributed by atoms with E-state index in [9.17, 15) is 13.2 Å². The molecule has 1 atom stereocenters. The van der Waals surface area contributed by atoms with Crippen LogP contribution in [0.5, 0.6) is 0 Å². The molecule has 41 heavy (non-hydrogen) atoms. The van der Waals surface area contributed by atoms with Gasteiger partial charge in [0, 0.05) is 38.9 Å². The number of aryl methyl sites for hydroxylation is 1. The van der Waals surface area contributed by atoms with Crippen LogP contribution >= 0.6 is 0 Å². The summed E-state index contributed by atoms with van der Waals surface area (Å²) in [7, 11) is -1.98. The fourth-order valence-electron chi connectivity index (χ4n) is 5.70. The second-order valence-electron chi connectivity index (χ2n) is 11.4. The number of aromatic nitrogens is 3. The van der Waals surface area contributed by atoms with Crippen molar-refractivity contribution < 1.29 is 22.7 Å². The zero-order valence-corrected chi connectivity index (χ0v) is 24.7. The molecule has 12 heteroatoms. The predicted octanol–water partition coefficient (Wildman–Crippen LogP) is 4.82. The molecule has 1 aromatic carbocycles. The summed E-state index contributed by atoms with van der Waals surface area (Å²) in [6, 6.07) is 7.70. The minimum absolute atomic E-state index is 0.0185. The van der Waals surface area contributed by atoms with E-state index in [-0.39, 0.29) is 18.1 Å². The summed E-state index contributed by atoms with van der Waals surface area (Å²) in [5.41, 5.74) is 4.10.